The van der Waals surface area contributed by atoms with Crippen LogP contribution in [0.5, 0.6) is 5.75 Å². The van der Waals surface area contributed by atoms with E-state index in [-0.39, 0.29) is 5.82 Å². The Hall–Kier alpha value is -3.91. The first-order valence-corrected chi connectivity index (χ1v) is 12.1. The Labute approximate surface area is 205 Å². The minimum atomic E-state index is -0.432. The van der Waals surface area contributed by atoms with Crippen LogP contribution in [0.1, 0.15) is 11.1 Å². The van der Waals surface area contributed by atoms with E-state index in [1.54, 1.807) is 31.4 Å². The number of thioether (sulfide) groups is 1. The van der Waals surface area contributed by atoms with Gasteiger partial charge in [0.25, 0.3) is 0 Å². The van der Waals surface area contributed by atoms with Crippen LogP contribution in [0, 0.1) is 5.82 Å². The maximum atomic E-state index is 14.6. The largest absolute Gasteiger partial charge is 0.497 e. The van der Waals surface area contributed by atoms with E-state index in [4.69, 9.17) is 9.15 Å². The number of hydrogen-bond acceptors (Lipinski definition) is 6. The van der Waals surface area contributed by atoms with Crippen molar-refractivity contribution in [1.82, 2.24) is 14.8 Å². The molecule has 35 heavy (non-hydrogen) atoms. The fraction of sp³-hybridized carbons (Fsp3) is 0.148. The molecule has 0 radical (unpaired) electrons. The minimum Gasteiger partial charge on any atom is -0.497 e. The predicted molar refractivity (Wildman–Crippen MR) is 134 cm³/mol. The van der Waals surface area contributed by atoms with Crippen LogP contribution < -0.4 is 10.4 Å². The molecule has 0 amide bonds. The highest BCUT2D eigenvalue weighted by atomic mass is 32.2. The van der Waals surface area contributed by atoms with Crippen LogP contribution >= 0.6 is 11.8 Å². The zero-order valence-electron chi connectivity index (χ0n) is 19.0. The summed E-state index contributed by atoms with van der Waals surface area (Å²) in [6, 6.07) is 23.5. The molecule has 5 aromatic rings. The van der Waals surface area contributed by atoms with Crippen molar-refractivity contribution in [3.8, 4) is 17.1 Å². The highest BCUT2D eigenvalue weighted by Crippen LogP contribution is 2.30. The van der Waals surface area contributed by atoms with Crippen LogP contribution in [0.3, 0.4) is 0 Å². The highest BCUT2D eigenvalue weighted by molar-refractivity contribution is 7.98. The van der Waals surface area contributed by atoms with Crippen LogP contribution in [0.4, 0.5) is 4.39 Å². The van der Waals surface area contributed by atoms with E-state index in [0.29, 0.717) is 40.2 Å². The summed E-state index contributed by atoms with van der Waals surface area (Å²) in [5.41, 5.74) is 2.41. The predicted octanol–water partition coefficient (Wildman–Crippen LogP) is 5.73. The summed E-state index contributed by atoms with van der Waals surface area (Å²) in [4.78, 5) is 12.2. The molecule has 5 rings (SSSR count). The van der Waals surface area contributed by atoms with Crippen LogP contribution in [0.25, 0.3) is 22.4 Å². The van der Waals surface area contributed by atoms with Crippen molar-refractivity contribution >= 4 is 22.7 Å². The molecule has 0 spiro atoms. The molecule has 0 aliphatic carbocycles. The molecule has 0 N–H and O–H groups in total. The smallest absolute Gasteiger partial charge is 0.336 e. The fourth-order valence-electron chi connectivity index (χ4n) is 3.92. The maximum absolute atomic E-state index is 14.6. The number of ether oxygens (including phenoxy) is 1. The van der Waals surface area contributed by atoms with E-state index < -0.39 is 5.63 Å². The molecular weight excluding hydrogens is 465 g/mol. The van der Waals surface area contributed by atoms with E-state index in [2.05, 4.69) is 22.3 Å². The molecule has 0 saturated heterocycles. The van der Waals surface area contributed by atoms with Crippen molar-refractivity contribution in [2.45, 2.75) is 23.9 Å². The first-order valence-electron chi connectivity index (χ1n) is 11.1. The molecule has 176 valence electrons. The minimum absolute atomic E-state index is 0.349. The normalized spacial score (nSPS) is 11.1. The van der Waals surface area contributed by atoms with Crippen LogP contribution in [0.2, 0.25) is 0 Å². The Bertz CT molecular complexity index is 1530. The monoisotopic (exact) mass is 487 g/mol. The fourth-order valence-corrected chi connectivity index (χ4v) is 4.88. The number of nitrogens with zero attached hydrogens (tertiary/aromatic N) is 3. The van der Waals surface area contributed by atoms with Gasteiger partial charge in [0.1, 0.15) is 17.1 Å². The number of aryl methyl sites for hydroxylation is 1. The third-order valence-electron chi connectivity index (χ3n) is 5.69. The Morgan fingerprint density at radius 1 is 1.00 bits per heavy atom. The lowest BCUT2D eigenvalue weighted by atomic mass is 10.1. The van der Waals surface area contributed by atoms with Gasteiger partial charge in [0.15, 0.2) is 11.0 Å². The third-order valence-corrected chi connectivity index (χ3v) is 6.71. The van der Waals surface area contributed by atoms with Gasteiger partial charge < -0.3 is 13.7 Å². The van der Waals surface area contributed by atoms with E-state index in [9.17, 15) is 9.18 Å². The zero-order valence-corrected chi connectivity index (χ0v) is 19.8. The number of benzene rings is 3. The van der Waals surface area contributed by atoms with Crippen LogP contribution in [-0.2, 0) is 18.7 Å². The van der Waals surface area contributed by atoms with Crippen molar-refractivity contribution in [2.24, 2.45) is 0 Å². The number of hydrogen-bond donors (Lipinski definition) is 0. The van der Waals surface area contributed by atoms with E-state index in [0.717, 1.165) is 22.9 Å². The van der Waals surface area contributed by atoms with Crippen molar-refractivity contribution in [3.05, 3.63) is 106 Å². The SMILES string of the molecule is COc1ccc2c(CSc3nnc(-c4ccccc4F)n3CCc3ccccc3)cc(=O)oc2c1. The molecule has 3 aromatic carbocycles. The molecule has 0 fully saturated rings. The van der Waals surface area contributed by atoms with Gasteiger partial charge in [-0.05, 0) is 41.8 Å². The first-order chi connectivity index (χ1) is 17.1. The van der Waals surface area contributed by atoms with Gasteiger partial charge in [-0.3, -0.25) is 0 Å². The van der Waals surface area contributed by atoms with Crippen molar-refractivity contribution < 1.29 is 13.5 Å². The Balaban J connectivity index is 1.48. The molecular formula is C27H22FN3O3S. The average molecular weight is 488 g/mol. The molecule has 6 nitrogen and oxygen atoms in total. The van der Waals surface area contributed by atoms with Crippen LogP contribution in [-0.4, -0.2) is 21.9 Å². The van der Waals surface area contributed by atoms with Gasteiger partial charge in [0.2, 0.25) is 0 Å². The van der Waals surface area contributed by atoms with Gasteiger partial charge >= 0.3 is 5.63 Å². The van der Waals surface area contributed by atoms with Crippen LogP contribution in [0.15, 0.2) is 93.2 Å². The number of methoxy groups -OCH3 is 1. The van der Waals surface area contributed by atoms with Gasteiger partial charge in [-0.1, -0.05) is 54.2 Å². The highest BCUT2D eigenvalue weighted by Gasteiger charge is 2.18. The Kier molecular flexibility index (Phi) is 6.63. The summed E-state index contributed by atoms with van der Waals surface area (Å²) in [5.74, 6) is 1.21. The average Bonchev–Trinajstić information content (AvgIpc) is 3.28. The lowest BCUT2D eigenvalue weighted by Gasteiger charge is -2.11. The van der Waals surface area contributed by atoms with E-state index >= 15 is 0 Å². The molecule has 0 aliphatic heterocycles. The summed E-state index contributed by atoms with van der Waals surface area (Å²) in [6.07, 6.45) is 0.742. The second-order valence-electron chi connectivity index (χ2n) is 7.91. The van der Waals surface area contributed by atoms with Gasteiger partial charge in [-0.15, -0.1) is 10.2 Å². The first kappa shape index (κ1) is 22.9. The summed E-state index contributed by atoms with van der Waals surface area (Å²) < 4.78 is 27.2. The Morgan fingerprint density at radius 3 is 2.60 bits per heavy atom. The molecule has 8 heteroatoms. The Morgan fingerprint density at radius 2 is 1.80 bits per heavy atom. The number of rotatable bonds is 8. The lowest BCUT2D eigenvalue weighted by Crippen LogP contribution is -2.06. The quantitative estimate of drug-likeness (QED) is 0.206. The standard InChI is InChI=1S/C27H22FN3O3S/c1-33-20-11-12-21-19(15-25(32)34-24(21)16-20)17-35-27-30-29-26(22-9-5-6-10-23(22)28)31(27)14-13-18-7-3-2-4-8-18/h2-12,15-16H,13-14,17H2,1H3. The summed E-state index contributed by atoms with van der Waals surface area (Å²) >= 11 is 1.45. The molecule has 0 unspecified atom stereocenters. The van der Waals surface area contributed by atoms with Crippen molar-refractivity contribution in [2.75, 3.05) is 7.11 Å². The second kappa shape index (κ2) is 10.1. The molecule has 2 heterocycles. The van der Waals surface area contributed by atoms with E-state index in [1.165, 1.54) is 23.9 Å². The molecule has 0 aliphatic rings. The van der Waals surface area contributed by atoms with Gasteiger partial charge in [-0.2, -0.15) is 0 Å². The topological polar surface area (TPSA) is 70.2 Å². The molecule has 0 atom stereocenters. The number of halogens is 1. The van der Waals surface area contributed by atoms with Gasteiger partial charge in [-0.25, -0.2) is 9.18 Å². The number of fused-ring (bicyclic) bond motifs is 1. The van der Waals surface area contributed by atoms with Crippen molar-refractivity contribution in [3.63, 3.8) is 0 Å². The zero-order chi connectivity index (χ0) is 24.2. The molecule has 2 aromatic heterocycles. The maximum Gasteiger partial charge on any atom is 0.336 e. The van der Waals surface area contributed by atoms with Crippen molar-refractivity contribution in [1.29, 1.82) is 0 Å². The lowest BCUT2D eigenvalue weighted by molar-refractivity contribution is 0.414. The van der Waals surface area contributed by atoms with Gasteiger partial charge in [0, 0.05) is 29.8 Å². The molecule has 0 bridgehead atoms. The summed E-state index contributed by atoms with van der Waals surface area (Å²) in [5, 5.41) is 10.2. The second-order valence-corrected chi connectivity index (χ2v) is 8.86. The number of aromatic nitrogens is 3. The summed E-state index contributed by atoms with van der Waals surface area (Å²) in [6.45, 7) is 0.581. The van der Waals surface area contributed by atoms with Gasteiger partial charge in [0.05, 0.1) is 12.7 Å². The molecule has 0 saturated carbocycles. The van der Waals surface area contributed by atoms with E-state index in [1.807, 2.05) is 34.9 Å². The third kappa shape index (κ3) is 4.97. The summed E-state index contributed by atoms with van der Waals surface area (Å²) in [7, 11) is 1.56.